The van der Waals surface area contributed by atoms with E-state index >= 15 is 0 Å². The van der Waals surface area contributed by atoms with Gasteiger partial charge < -0.3 is 14.7 Å². The predicted octanol–water partition coefficient (Wildman–Crippen LogP) is 1.25. The third-order valence-corrected chi connectivity index (χ3v) is 5.88. The van der Waals surface area contributed by atoms with Gasteiger partial charge in [0.1, 0.15) is 5.70 Å². The largest absolute Gasteiger partial charge is 0.395 e. The maximum absolute atomic E-state index is 13.2. The van der Waals surface area contributed by atoms with Crippen LogP contribution in [0.2, 0.25) is 0 Å². The Balaban J connectivity index is 1.76. The molecule has 8 heteroatoms. The van der Waals surface area contributed by atoms with Crippen LogP contribution in [0.1, 0.15) is 25.1 Å². The number of β-amino-alcohol motifs (C(OH)–C–C–N with tert-alkyl or cyclic N) is 1. The van der Waals surface area contributed by atoms with E-state index in [1.54, 1.807) is 0 Å². The van der Waals surface area contributed by atoms with Gasteiger partial charge in [0.05, 0.1) is 18.3 Å². The minimum Gasteiger partial charge on any atom is -0.395 e. The van der Waals surface area contributed by atoms with Gasteiger partial charge in [-0.15, -0.1) is 11.3 Å². The van der Waals surface area contributed by atoms with Crippen LogP contribution in [0.5, 0.6) is 0 Å². The van der Waals surface area contributed by atoms with Crippen molar-refractivity contribution in [2.75, 3.05) is 52.5 Å². The van der Waals surface area contributed by atoms with Crippen LogP contribution in [0.4, 0.5) is 0 Å². The van der Waals surface area contributed by atoms with E-state index in [0.29, 0.717) is 50.5 Å². The number of imide groups is 1. The van der Waals surface area contributed by atoms with Gasteiger partial charge in [0.2, 0.25) is 0 Å². The summed E-state index contributed by atoms with van der Waals surface area (Å²) in [6.45, 7) is 8.49. The Morgan fingerprint density at radius 3 is 2.50 bits per heavy atom. The summed E-state index contributed by atoms with van der Waals surface area (Å²) < 4.78 is 5.55. The topological polar surface area (TPSA) is 73.3 Å². The number of rotatable bonds is 9. The number of hydrogen-bond donors (Lipinski definition) is 1. The average molecular weight is 408 g/mol. The predicted molar refractivity (Wildman–Crippen MR) is 109 cm³/mol. The van der Waals surface area contributed by atoms with Gasteiger partial charge in [-0.2, -0.15) is 0 Å². The standard InChI is InChI=1S/C20H29N3O4S/c1-15(2)27-13-4-6-23-19(25)17(16-5-3-14-28-16)18(20(23)26)22-9-7-21(8-10-22)11-12-24/h3,5,14-15,24H,4,6-13H2,1-2H3. The molecular weight excluding hydrogens is 378 g/mol. The van der Waals surface area contributed by atoms with Crippen molar-refractivity contribution in [2.45, 2.75) is 26.4 Å². The van der Waals surface area contributed by atoms with Gasteiger partial charge in [-0.3, -0.25) is 19.4 Å². The lowest BCUT2D eigenvalue weighted by molar-refractivity contribution is -0.137. The second-order valence-corrected chi connectivity index (χ2v) is 8.24. The molecule has 0 spiro atoms. The molecule has 7 nitrogen and oxygen atoms in total. The van der Waals surface area contributed by atoms with Gasteiger partial charge in [-0.25, -0.2) is 0 Å². The fourth-order valence-corrected chi connectivity index (χ4v) is 4.34. The Labute approximate surface area is 170 Å². The van der Waals surface area contributed by atoms with Crippen molar-refractivity contribution in [1.29, 1.82) is 0 Å². The van der Waals surface area contributed by atoms with Crippen LogP contribution in [0.3, 0.4) is 0 Å². The molecule has 1 fully saturated rings. The summed E-state index contributed by atoms with van der Waals surface area (Å²) in [5.41, 5.74) is 1.06. The van der Waals surface area contributed by atoms with Crippen LogP contribution in [0.25, 0.3) is 5.57 Å². The molecule has 154 valence electrons. The summed E-state index contributed by atoms with van der Waals surface area (Å²) in [5, 5.41) is 11.1. The van der Waals surface area contributed by atoms with Gasteiger partial charge in [-0.1, -0.05) is 6.07 Å². The Morgan fingerprint density at radius 2 is 1.89 bits per heavy atom. The maximum Gasteiger partial charge on any atom is 0.277 e. The Morgan fingerprint density at radius 1 is 1.14 bits per heavy atom. The molecule has 2 aliphatic heterocycles. The minimum absolute atomic E-state index is 0.132. The van der Waals surface area contributed by atoms with Crippen molar-refractivity contribution in [3.8, 4) is 0 Å². The van der Waals surface area contributed by atoms with Gasteiger partial charge in [0, 0.05) is 50.8 Å². The molecule has 1 N–H and O–H groups in total. The van der Waals surface area contributed by atoms with E-state index in [2.05, 4.69) is 4.90 Å². The molecule has 3 rings (SSSR count). The number of aliphatic hydroxyl groups is 1. The van der Waals surface area contributed by atoms with E-state index in [9.17, 15) is 9.59 Å². The van der Waals surface area contributed by atoms with Crippen LogP contribution >= 0.6 is 11.3 Å². The first kappa shape index (κ1) is 21.0. The van der Waals surface area contributed by atoms with Gasteiger partial charge in [0.15, 0.2) is 0 Å². The van der Waals surface area contributed by atoms with E-state index in [1.807, 2.05) is 36.3 Å². The number of amides is 2. The van der Waals surface area contributed by atoms with Crippen molar-refractivity contribution in [3.63, 3.8) is 0 Å². The average Bonchev–Trinajstić information content (AvgIpc) is 3.27. The molecule has 1 aromatic heterocycles. The highest BCUT2D eigenvalue weighted by Crippen LogP contribution is 2.34. The van der Waals surface area contributed by atoms with Gasteiger partial charge in [0.25, 0.3) is 11.8 Å². The van der Waals surface area contributed by atoms with Gasteiger partial charge in [-0.05, 0) is 31.7 Å². The zero-order valence-electron chi connectivity index (χ0n) is 16.6. The molecule has 0 unspecified atom stereocenters. The quantitative estimate of drug-likeness (QED) is 0.491. The Hall–Kier alpha value is -1.74. The molecule has 0 atom stereocenters. The normalized spacial score (nSPS) is 18.9. The lowest BCUT2D eigenvalue weighted by atomic mass is 10.1. The summed E-state index contributed by atoms with van der Waals surface area (Å²) in [7, 11) is 0. The molecule has 0 bridgehead atoms. The monoisotopic (exact) mass is 407 g/mol. The maximum atomic E-state index is 13.2. The minimum atomic E-state index is -0.204. The highest BCUT2D eigenvalue weighted by molar-refractivity contribution is 7.11. The molecule has 0 aliphatic carbocycles. The molecule has 0 radical (unpaired) electrons. The molecule has 0 aromatic carbocycles. The van der Waals surface area contributed by atoms with Crippen LogP contribution in [0.15, 0.2) is 23.2 Å². The SMILES string of the molecule is CC(C)OCCCN1C(=O)C(c2cccs2)=C(N2CCN(CCO)CC2)C1=O. The van der Waals surface area contributed by atoms with E-state index in [-0.39, 0.29) is 24.5 Å². The van der Waals surface area contributed by atoms with E-state index in [1.165, 1.54) is 16.2 Å². The zero-order valence-corrected chi connectivity index (χ0v) is 17.4. The summed E-state index contributed by atoms with van der Waals surface area (Å²) in [6, 6.07) is 3.80. The Kier molecular flexibility index (Phi) is 7.23. The molecular formula is C20H29N3O4S. The van der Waals surface area contributed by atoms with Crippen molar-refractivity contribution in [3.05, 3.63) is 28.1 Å². The highest BCUT2D eigenvalue weighted by atomic mass is 32.1. The smallest absolute Gasteiger partial charge is 0.277 e. The fourth-order valence-electron chi connectivity index (χ4n) is 3.58. The third kappa shape index (κ3) is 4.63. The number of nitrogens with zero attached hydrogens (tertiary/aromatic N) is 3. The van der Waals surface area contributed by atoms with Crippen LogP contribution in [-0.4, -0.2) is 90.2 Å². The van der Waals surface area contributed by atoms with E-state index in [4.69, 9.17) is 9.84 Å². The molecule has 3 heterocycles. The molecule has 0 saturated carbocycles. The molecule has 28 heavy (non-hydrogen) atoms. The third-order valence-electron chi connectivity index (χ3n) is 4.99. The molecule has 2 aliphatic rings. The first-order valence-corrected chi connectivity index (χ1v) is 10.7. The number of carbonyl (C=O) groups is 2. The van der Waals surface area contributed by atoms with Crippen molar-refractivity contribution in [1.82, 2.24) is 14.7 Å². The second-order valence-electron chi connectivity index (χ2n) is 7.29. The summed E-state index contributed by atoms with van der Waals surface area (Å²) in [6.07, 6.45) is 0.765. The van der Waals surface area contributed by atoms with Crippen LogP contribution in [0, 0.1) is 0 Å². The number of aliphatic hydroxyl groups excluding tert-OH is 1. The summed E-state index contributed by atoms with van der Waals surface area (Å²) in [5.74, 6) is -0.404. The fraction of sp³-hybridized carbons (Fsp3) is 0.600. The molecule has 2 amide bonds. The van der Waals surface area contributed by atoms with Gasteiger partial charge >= 0.3 is 0 Å². The van der Waals surface area contributed by atoms with E-state index < -0.39 is 0 Å². The lowest BCUT2D eigenvalue weighted by Gasteiger charge is -2.36. The first-order chi connectivity index (χ1) is 13.5. The number of piperazine rings is 1. The molecule has 1 aromatic rings. The lowest BCUT2D eigenvalue weighted by Crippen LogP contribution is -2.48. The summed E-state index contributed by atoms with van der Waals surface area (Å²) >= 11 is 1.48. The molecule has 1 saturated heterocycles. The zero-order chi connectivity index (χ0) is 20.1. The van der Waals surface area contributed by atoms with Crippen LogP contribution in [-0.2, 0) is 14.3 Å². The number of hydrogen-bond acceptors (Lipinski definition) is 7. The number of thiophene rings is 1. The summed E-state index contributed by atoms with van der Waals surface area (Å²) in [4.78, 5) is 32.7. The first-order valence-electron chi connectivity index (χ1n) is 9.87. The Bertz CT molecular complexity index is 709. The number of carbonyl (C=O) groups excluding carboxylic acids is 2. The second kappa shape index (κ2) is 9.65. The van der Waals surface area contributed by atoms with Crippen LogP contribution < -0.4 is 0 Å². The van der Waals surface area contributed by atoms with Crippen molar-refractivity contribution < 1.29 is 19.4 Å². The van der Waals surface area contributed by atoms with E-state index in [0.717, 1.165) is 18.0 Å². The number of ether oxygens (including phenoxy) is 1. The van der Waals surface area contributed by atoms with Crippen molar-refractivity contribution >= 4 is 28.7 Å². The van der Waals surface area contributed by atoms with Crippen molar-refractivity contribution in [2.24, 2.45) is 0 Å². The highest BCUT2D eigenvalue weighted by Gasteiger charge is 2.42.